The van der Waals surface area contributed by atoms with Crippen LogP contribution in [0.15, 0.2) is 24.3 Å². The minimum atomic E-state index is 0.128. The molecule has 146 valence electrons. The molecule has 2 rings (SSSR count). The van der Waals surface area contributed by atoms with E-state index in [0.717, 1.165) is 44.8 Å². The van der Waals surface area contributed by atoms with E-state index in [1.54, 1.807) is 0 Å². The molecule has 0 saturated carbocycles. The van der Waals surface area contributed by atoms with Gasteiger partial charge in [-0.1, -0.05) is 62.6 Å². The Bertz CT molecular complexity index is 495. The van der Waals surface area contributed by atoms with Crippen molar-refractivity contribution in [1.82, 2.24) is 0 Å². The zero-order valence-corrected chi connectivity index (χ0v) is 16.3. The summed E-state index contributed by atoms with van der Waals surface area (Å²) in [5.41, 5.74) is 2.10. The Labute approximate surface area is 158 Å². The van der Waals surface area contributed by atoms with Crippen LogP contribution in [0.1, 0.15) is 69.8 Å². The average molecular weight is 362 g/mol. The molecule has 0 spiro atoms. The molecule has 1 aliphatic rings. The molecule has 1 aromatic rings. The van der Waals surface area contributed by atoms with E-state index in [1.807, 2.05) is 31.2 Å². The maximum atomic E-state index is 11.9. The standard InChI is InChI=1S/C22H35NO3/c1-19-12-14-20(15-13-19)23-22(24)11-9-7-5-3-2-4-6-8-10-21-18-25-16-17-26-21/h12-15,21H,2-11,16-18H2,1H3,(H,23,24). The third-order valence-electron chi connectivity index (χ3n) is 4.90. The van der Waals surface area contributed by atoms with E-state index in [9.17, 15) is 4.79 Å². The number of hydrogen-bond donors (Lipinski definition) is 1. The fraction of sp³-hybridized carbons (Fsp3) is 0.682. The van der Waals surface area contributed by atoms with Crippen molar-refractivity contribution < 1.29 is 14.3 Å². The van der Waals surface area contributed by atoms with Gasteiger partial charge in [-0.3, -0.25) is 4.79 Å². The van der Waals surface area contributed by atoms with Gasteiger partial charge in [-0.25, -0.2) is 0 Å². The van der Waals surface area contributed by atoms with Gasteiger partial charge in [0.1, 0.15) is 0 Å². The van der Waals surface area contributed by atoms with Crippen molar-refractivity contribution in [1.29, 1.82) is 0 Å². The van der Waals surface area contributed by atoms with E-state index in [-0.39, 0.29) is 5.91 Å². The summed E-state index contributed by atoms with van der Waals surface area (Å²) < 4.78 is 11.1. The number of anilines is 1. The van der Waals surface area contributed by atoms with Crippen molar-refractivity contribution >= 4 is 11.6 Å². The topological polar surface area (TPSA) is 47.6 Å². The molecular formula is C22H35NO3. The lowest BCUT2D eigenvalue weighted by molar-refractivity contribution is -0.116. The molecule has 26 heavy (non-hydrogen) atoms. The van der Waals surface area contributed by atoms with Crippen LogP contribution in [-0.4, -0.2) is 31.8 Å². The van der Waals surface area contributed by atoms with Crippen molar-refractivity contribution in [2.24, 2.45) is 0 Å². The Morgan fingerprint density at radius 3 is 2.27 bits per heavy atom. The van der Waals surface area contributed by atoms with E-state index in [4.69, 9.17) is 9.47 Å². The SMILES string of the molecule is Cc1ccc(NC(=O)CCCCCCCCCCC2COCCO2)cc1. The van der Waals surface area contributed by atoms with Gasteiger partial charge in [0.15, 0.2) is 0 Å². The Morgan fingerprint density at radius 2 is 1.62 bits per heavy atom. The van der Waals surface area contributed by atoms with Gasteiger partial charge in [-0.2, -0.15) is 0 Å². The molecule has 1 heterocycles. The first kappa shape index (κ1) is 20.9. The summed E-state index contributed by atoms with van der Waals surface area (Å²) in [4.78, 5) is 11.9. The number of benzene rings is 1. The summed E-state index contributed by atoms with van der Waals surface area (Å²) in [6, 6.07) is 7.96. The second-order valence-corrected chi connectivity index (χ2v) is 7.35. The van der Waals surface area contributed by atoms with Crippen LogP contribution in [0.4, 0.5) is 5.69 Å². The van der Waals surface area contributed by atoms with Gasteiger partial charge in [0.25, 0.3) is 0 Å². The number of aryl methyl sites for hydroxylation is 1. The number of rotatable bonds is 12. The van der Waals surface area contributed by atoms with Gasteiger partial charge in [-0.15, -0.1) is 0 Å². The molecule has 1 aliphatic heterocycles. The van der Waals surface area contributed by atoms with Crippen molar-refractivity contribution in [3.8, 4) is 0 Å². The normalized spacial score (nSPS) is 17.2. The van der Waals surface area contributed by atoms with Crippen molar-refractivity contribution in [2.75, 3.05) is 25.1 Å². The average Bonchev–Trinajstić information content (AvgIpc) is 2.66. The summed E-state index contributed by atoms with van der Waals surface area (Å²) >= 11 is 0. The minimum Gasteiger partial charge on any atom is -0.376 e. The van der Waals surface area contributed by atoms with E-state index in [1.165, 1.54) is 44.1 Å². The lowest BCUT2D eigenvalue weighted by Gasteiger charge is -2.22. The number of carbonyl (C=O) groups excluding carboxylic acids is 1. The quantitative estimate of drug-likeness (QED) is 0.517. The second kappa shape index (κ2) is 12.9. The van der Waals surface area contributed by atoms with Crippen LogP contribution >= 0.6 is 0 Å². The number of amides is 1. The monoisotopic (exact) mass is 361 g/mol. The van der Waals surface area contributed by atoms with Gasteiger partial charge in [0.2, 0.25) is 5.91 Å². The van der Waals surface area contributed by atoms with E-state index in [2.05, 4.69) is 5.32 Å². The minimum absolute atomic E-state index is 0.128. The summed E-state index contributed by atoms with van der Waals surface area (Å²) in [5, 5.41) is 2.96. The fourth-order valence-electron chi connectivity index (χ4n) is 3.28. The van der Waals surface area contributed by atoms with Crippen LogP contribution in [0.3, 0.4) is 0 Å². The molecule has 1 N–H and O–H groups in total. The Hall–Kier alpha value is -1.39. The molecule has 0 radical (unpaired) electrons. The first-order valence-corrected chi connectivity index (χ1v) is 10.3. The smallest absolute Gasteiger partial charge is 0.224 e. The molecule has 1 amide bonds. The first-order valence-electron chi connectivity index (χ1n) is 10.3. The van der Waals surface area contributed by atoms with E-state index < -0.39 is 0 Å². The molecule has 0 bridgehead atoms. The molecular weight excluding hydrogens is 326 g/mol. The predicted octanol–water partition coefficient (Wildman–Crippen LogP) is 5.25. The van der Waals surface area contributed by atoms with Crippen LogP contribution in [0.25, 0.3) is 0 Å². The predicted molar refractivity (Wildman–Crippen MR) is 107 cm³/mol. The highest BCUT2D eigenvalue weighted by Crippen LogP contribution is 2.14. The van der Waals surface area contributed by atoms with Gasteiger partial charge in [0, 0.05) is 12.1 Å². The lowest BCUT2D eigenvalue weighted by atomic mass is 10.0. The van der Waals surface area contributed by atoms with Crippen molar-refractivity contribution in [3.63, 3.8) is 0 Å². The molecule has 0 aromatic heterocycles. The highest BCUT2D eigenvalue weighted by atomic mass is 16.6. The van der Waals surface area contributed by atoms with Crippen LogP contribution in [0.5, 0.6) is 0 Å². The maximum absolute atomic E-state index is 11.9. The van der Waals surface area contributed by atoms with E-state index in [0.29, 0.717) is 12.5 Å². The molecule has 1 aromatic carbocycles. The molecule has 1 saturated heterocycles. The van der Waals surface area contributed by atoms with Crippen LogP contribution < -0.4 is 5.32 Å². The second-order valence-electron chi connectivity index (χ2n) is 7.35. The third-order valence-corrected chi connectivity index (χ3v) is 4.90. The first-order chi connectivity index (χ1) is 12.7. The maximum Gasteiger partial charge on any atom is 0.224 e. The van der Waals surface area contributed by atoms with Gasteiger partial charge < -0.3 is 14.8 Å². The van der Waals surface area contributed by atoms with Gasteiger partial charge >= 0.3 is 0 Å². The molecule has 4 nitrogen and oxygen atoms in total. The Balaban J connectivity index is 1.36. The number of unbranched alkanes of at least 4 members (excludes halogenated alkanes) is 7. The summed E-state index contributed by atoms with van der Waals surface area (Å²) in [7, 11) is 0. The summed E-state index contributed by atoms with van der Waals surface area (Å²) in [6.07, 6.45) is 11.9. The molecule has 1 atom stereocenters. The van der Waals surface area contributed by atoms with Crippen LogP contribution in [0.2, 0.25) is 0 Å². The Morgan fingerprint density at radius 1 is 0.962 bits per heavy atom. The van der Waals surface area contributed by atoms with Crippen molar-refractivity contribution in [3.05, 3.63) is 29.8 Å². The highest BCUT2D eigenvalue weighted by Gasteiger charge is 2.13. The molecule has 4 heteroatoms. The van der Waals surface area contributed by atoms with Crippen molar-refractivity contribution in [2.45, 2.75) is 77.2 Å². The van der Waals surface area contributed by atoms with E-state index >= 15 is 0 Å². The lowest BCUT2D eigenvalue weighted by Crippen LogP contribution is -2.28. The van der Waals surface area contributed by atoms with Crippen LogP contribution in [-0.2, 0) is 14.3 Å². The summed E-state index contributed by atoms with van der Waals surface area (Å²) in [5.74, 6) is 0.128. The third kappa shape index (κ3) is 9.35. The number of ether oxygens (including phenoxy) is 2. The summed E-state index contributed by atoms with van der Waals surface area (Å²) in [6.45, 7) is 4.33. The molecule has 1 fully saturated rings. The van der Waals surface area contributed by atoms with Gasteiger partial charge in [-0.05, 0) is 31.9 Å². The highest BCUT2D eigenvalue weighted by molar-refractivity contribution is 5.90. The number of nitrogens with one attached hydrogen (secondary N) is 1. The zero-order chi connectivity index (χ0) is 18.5. The largest absolute Gasteiger partial charge is 0.376 e. The number of hydrogen-bond acceptors (Lipinski definition) is 3. The fourth-order valence-corrected chi connectivity index (χ4v) is 3.28. The Kier molecular flexibility index (Phi) is 10.4. The van der Waals surface area contributed by atoms with Crippen LogP contribution in [0, 0.1) is 6.92 Å². The molecule has 0 aliphatic carbocycles. The number of carbonyl (C=O) groups is 1. The molecule has 1 unspecified atom stereocenters. The zero-order valence-electron chi connectivity index (χ0n) is 16.3. The van der Waals surface area contributed by atoms with Gasteiger partial charge in [0.05, 0.1) is 25.9 Å².